The fraction of sp³-hybridized carbons (Fsp3) is 0.531. The Morgan fingerprint density at radius 2 is 1.74 bits per heavy atom. The third-order valence-corrected chi connectivity index (χ3v) is 10.00. The maximum Gasteiger partial charge on any atom is 0.191 e. The molecule has 1 unspecified atom stereocenters. The van der Waals surface area contributed by atoms with Crippen molar-refractivity contribution in [3.8, 4) is 5.75 Å². The lowest BCUT2D eigenvalue weighted by atomic mass is 9.71. The third-order valence-electron chi connectivity index (χ3n) is 9.32. The van der Waals surface area contributed by atoms with Gasteiger partial charge in [0.15, 0.2) is 11.9 Å². The summed E-state index contributed by atoms with van der Waals surface area (Å²) >= 11 is 0. The second-order valence-corrected chi connectivity index (χ2v) is 13.7. The van der Waals surface area contributed by atoms with Gasteiger partial charge in [0.25, 0.3) is 0 Å². The molecule has 2 atom stereocenters. The van der Waals surface area contributed by atoms with Crippen LogP contribution in [0.25, 0.3) is 0 Å². The van der Waals surface area contributed by atoms with E-state index in [2.05, 4.69) is 5.16 Å². The van der Waals surface area contributed by atoms with Crippen molar-refractivity contribution in [1.29, 1.82) is 0 Å². The average molecular weight is 617 g/mol. The van der Waals surface area contributed by atoms with Gasteiger partial charge in [-0.25, -0.2) is 12.8 Å². The Morgan fingerprint density at radius 1 is 1.02 bits per heavy atom. The van der Waals surface area contributed by atoms with Crippen molar-refractivity contribution in [2.24, 2.45) is 11.8 Å². The molecule has 2 bridgehead atoms. The average Bonchev–Trinajstić information content (AvgIpc) is 3.46. The zero-order valence-corrected chi connectivity index (χ0v) is 25.1. The first-order valence-electron chi connectivity index (χ1n) is 15.2. The molecule has 3 saturated heterocycles. The number of rotatable bonds is 9. The molecule has 4 aliphatic rings. The van der Waals surface area contributed by atoms with Crippen LogP contribution in [0.3, 0.4) is 0 Å². The molecular weight excluding hydrogens is 575 g/mol. The van der Waals surface area contributed by atoms with Crippen LogP contribution in [0.2, 0.25) is 0 Å². The zero-order chi connectivity index (χ0) is 30.5. The summed E-state index contributed by atoms with van der Waals surface area (Å²) in [6.45, 7) is 3.18. The minimum atomic E-state index is -4.17. The summed E-state index contributed by atoms with van der Waals surface area (Å²) < 4.78 is 55.3. The molecule has 4 fully saturated rings. The Morgan fingerprint density at radius 3 is 2.37 bits per heavy atom. The smallest absolute Gasteiger partial charge is 0.191 e. The van der Waals surface area contributed by atoms with Gasteiger partial charge in [-0.1, -0.05) is 60.8 Å². The van der Waals surface area contributed by atoms with Gasteiger partial charge in [0, 0.05) is 30.9 Å². The molecule has 1 saturated carbocycles. The number of quaternary nitrogens is 1. The number of ether oxygens (including phenoxy) is 1. The Balaban J connectivity index is 0.000000472. The fourth-order valence-corrected chi connectivity index (χ4v) is 7.33. The topological polar surface area (TPSA) is 133 Å². The number of piperidine rings is 3. The highest BCUT2D eigenvalue weighted by atomic mass is 32.2. The van der Waals surface area contributed by atoms with Crippen LogP contribution < -0.4 is 4.74 Å². The molecule has 3 aliphatic heterocycles. The summed E-state index contributed by atoms with van der Waals surface area (Å²) in [6, 6.07) is 18.4. The second kappa shape index (κ2) is 13.4. The Labute approximate surface area is 252 Å². The maximum atomic E-state index is 13.7. The maximum absolute atomic E-state index is 13.7. The van der Waals surface area contributed by atoms with Crippen LogP contribution in [0, 0.1) is 17.7 Å². The van der Waals surface area contributed by atoms with E-state index in [0.29, 0.717) is 17.4 Å². The molecule has 4 heterocycles. The molecule has 0 radical (unpaired) electrons. The summed E-state index contributed by atoms with van der Waals surface area (Å²) in [5.41, 5.74) is 0.390. The number of aromatic nitrogens is 1. The molecule has 1 aliphatic carbocycles. The normalized spacial score (nSPS) is 25.4. The van der Waals surface area contributed by atoms with Gasteiger partial charge in [-0.2, -0.15) is 0 Å². The monoisotopic (exact) mass is 616 g/mol. The summed E-state index contributed by atoms with van der Waals surface area (Å²) in [4.78, 5) is 0. The van der Waals surface area contributed by atoms with Crippen molar-refractivity contribution in [1.82, 2.24) is 5.16 Å². The number of aliphatic hydroxyl groups is 2. The highest BCUT2D eigenvalue weighted by molar-refractivity contribution is 7.85. The van der Waals surface area contributed by atoms with Crippen LogP contribution in [-0.4, -0.2) is 70.9 Å². The fourth-order valence-electron chi connectivity index (χ4n) is 7.11. The highest BCUT2D eigenvalue weighted by Crippen LogP contribution is 2.44. The molecule has 7 rings (SSSR count). The van der Waals surface area contributed by atoms with E-state index < -0.39 is 28.1 Å². The SMILES string of the molecule is O=S(=O)([O-])CCO.O[C@](c1ccccc1)(c1cc(C[N+]23CCC(CC2)C(Oc2cccc(F)c2)C3)on1)C1CCCCC1. The van der Waals surface area contributed by atoms with E-state index >= 15 is 0 Å². The molecule has 43 heavy (non-hydrogen) atoms. The molecule has 234 valence electrons. The van der Waals surface area contributed by atoms with Gasteiger partial charge >= 0.3 is 0 Å². The van der Waals surface area contributed by atoms with Gasteiger partial charge in [0.05, 0.1) is 35.6 Å². The summed E-state index contributed by atoms with van der Waals surface area (Å²) in [6.07, 6.45) is 7.75. The molecule has 2 aromatic carbocycles. The first-order valence-corrected chi connectivity index (χ1v) is 16.7. The van der Waals surface area contributed by atoms with Crippen molar-refractivity contribution < 1.29 is 41.3 Å². The number of fused-ring (bicyclic) bond motifs is 3. The number of hydrogen-bond donors (Lipinski definition) is 2. The molecule has 1 aromatic heterocycles. The van der Waals surface area contributed by atoms with Gasteiger partial charge in [-0.3, -0.25) is 0 Å². The minimum Gasteiger partial charge on any atom is -0.748 e. The van der Waals surface area contributed by atoms with Crippen molar-refractivity contribution in [2.75, 3.05) is 32.0 Å². The summed E-state index contributed by atoms with van der Waals surface area (Å²) in [5, 5.41) is 24.5. The van der Waals surface area contributed by atoms with E-state index in [9.17, 15) is 22.5 Å². The minimum absolute atomic E-state index is 0.0696. The standard InChI is InChI=1S/C30H36FN2O3.C2H6O4S/c31-25-12-7-13-26(18-25)35-28-21-33(16-14-22(28)15-17-33)20-27-19-29(32-36-27)30(34,23-8-3-1-4-9-23)24-10-5-2-6-11-24;3-1-2-7(4,5)6/h1,3-4,7-9,12-13,18-19,22,24,28,34H,2,5-6,10-11,14-17,20-21H2;3H,1-2H2,(H,4,5,6)/q+1;/p-1/t22?,28?,30-,33?;/m0./s1. The van der Waals surface area contributed by atoms with Crippen LogP contribution in [0.4, 0.5) is 4.39 Å². The van der Waals surface area contributed by atoms with Gasteiger partial charge in [-0.15, -0.1) is 0 Å². The number of benzene rings is 2. The van der Waals surface area contributed by atoms with Crippen molar-refractivity contribution in [3.63, 3.8) is 0 Å². The quantitative estimate of drug-likeness (QED) is 0.268. The third kappa shape index (κ3) is 7.64. The van der Waals surface area contributed by atoms with Crippen LogP contribution in [-0.2, 0) is 22.3 Å². The van der Waals surface area contributed by atoms with E-state index in [1.165, 1.54) is 18.6 Å². The first kappa shape index (κ1) is 31.6. The number of aliphatic hydroxyl groups excluding tert-OH is 1. The lowest BCUT2D eigenvalue weighted by molar-refractivity contribution is -0.959. The van der Waals surface area contributed by atoms with Crippen molar-refractivity contribution >= 4 is 10.1 Å². The molecule has 2 N–H and O–H groups in total. The second-order valence-electron chi connectivity index (χ2n) is 12.2. The predicted octanol–water partition coefficient (Wildman–Crippen LogP) is 4.34. The Hall–Kier alpha value is -2.83. The van der Waals surface area contributed by atoms with Gasteiger partial charge in [-0.05, 0) is 36.5 Å². The van der Waals surface area contributed by atoms with E-state index in [1.807, 2.05) is 42.5 Å². The van der Waals surface area contributed by atoms with Gasteiger partial charge in [0.2, 0.25) is 0 Å². The molecule has 0 amide bonds. The van der Waals surface area contributed by atoms with Crippen LogP contribution in [0.1, 0.15) is 62.0 Å². The van der Waals surface area contributed by atoms with Crippen LogP contribution >= 0.6 is 0 Å². The van der Waals surface area contributed by atoms with Crippen molar-refractivity contribution in [3.05, 3.63) is 83.5 Å². The first-order chi connectivity index (χ1) is 20.6. The van der Waals surface area contributed by atoms with Gasteiger partial charge < -0.3 is 28.5 Å². The number of nitrogens with zero attached hydrogens (tertiary/aromatic N) is 2. The van der Waals surface area contributed by atoms with Crippen molar-refractivity contribution in [2.45, 2.75) is 63.2 Å². The lowest BCUT2D eigenvalue weighted by Gasteiger charge is -2.51. The lowest BCUT2D eigenvalue weighted by Crippen LogP contribution is -2.64. The molecular formula is C32H41FN2O7S. The Kier molecular flexibility index (Phi) is 9.87. The van der Waals surface area contributed by atoms with Crippen LogP contribution in [0.5, 0.6) is 5.75 Å². The van der Waals surface area contributed by atoms with E-state index in [1.54, 1.807) is 6.07 Å². The largest absolute Gasteiger partial charge is 0.748 e. The van der Waals surface area contributed by atoms with Gasteiger partial charge in [0.1, 0.15) is 36.0 Å². The number of halogens is 1. The highest BCUT2D eigenvalue weighted by Gasteiger charge is 2.48. The summed E-state index contributed by atoms with van der Waals surface area (Å²) in [7, 11) is -4.17. The number of hydrogen-bond acceptors (Lipinski definition) is 8. The van der Waals surface area contributed by atoms with Crippen LogP contribution in [0.15, 0.2) is 65.2 Å². The zero-order valence-electron chi connectivity index (χ0n) is 24.3. The van der Waals surface area contributed by atoms with E-state index in [0.717, 1.165) is 80.5 Å². The van der Waals surface area contributed by atoms with E-state index in [4.69, 9.17) is 14.4 Å². The van der Waals surface area contributed by atoms with E-state index in [-0.39, 0.29) is 17.8 Å². The summed E-state index contributed by atoms with van der Waals surface area (Å²) in [5.74, 6) is 1.11. The predicted molar refractivity (Wildman–Crippen MR) is 156 cm³/mol. The molecule has 9 nitrogen and oxygen atoms in total. The molecule has 11 heteroatoms. The molecule has 3 aromatic rings. The molecule has 0 spiro atoms. The Bertz CT molecular complexity index is 1440.